The Balaban J connectivity index is 1.98. The van der Waals surface area contributed by atoms with Crippen molar-refractivity contribution in [3.8, 4) is 0 Å². The molecule has 0 saturated carbocycles. The molecule has 0 fully saturated rings. The maximum Gasteiger partial charge on any atom is 0.306 e. The van der Waals surface area contributed by atoms with Crippen LogP contribution in [0.25, 0.3) is 0 Å². The molecule has 0 aliphatic carbocycles. The van der Waals surface area contributed by atoms with Crippen LogP contribution in [-0.2, 0) is 25.8 Å². The van der Waals surface area contributed by atoms with Crippen molar-refractivity contribution in [2.24, 2.45) is 0 Å². The number of amides is 2. The van der Waals surface area contributed by atoms with Gasteiger partial charge in [-0.1, -0.05) is 42.5 Å². The van der Waals surface area contributed by atoms with Crippen LogP contribution < -0.4 is 0 Å². The lowest BCUT2D eigenvalue weighted by Crippen LogP contribution is -2.47. The van der Waals surface area contributed by atoms with Crippen LogP contribution >= 0.6 is 0 Å². The van der Waals surface area contributed by atoms with Crippen molar-refractivity contribution in [3.63, 3.8) is 0 Å². The number of esters is 1. The van der Waals surface area contributed by atoms with E-state index in [9.17, 15) is 22.8 Å². The number of sulfone groups is 1. The minimum atomic E-state index is -4.01. The van der Waals surface area contributed by atoms with E-state index in [1.807, 2.05) is 0 Å². The molecule has 1 aliphatic heterocycles. The van der Waals surface area contributed by atoms with Crippen LogP contribution in [0, 0.1) is 0 Å². The Morgan fingerprint density at radius 3 is 2.04 bits per heavy atom. The fourth-order valence-corrected chi connectivity index (χ4v) is 4.81. The Kier molecular flexibility index (Phi) is 5.60. The van der Waals surface area contributed by atoms with E-state index in [0.717, 1.165) is 4.90 Å². The zero-order valence-electron chi connectivity index (χ0n) is 15.2. The molecule has 2 aromatic carbocycles. The molecule has 3 rings (SSSR count). The highest BCUT2D eigenvalue weighted by molar-refractivity contribution is 7.92. The van der Waals surface area contributed by atoms with Gasteiger partial charge in [0, 0.05) is 6.42 Å². The molecular weight excluding hydrogens is 382 g/mol. The molecule has 0 N–H and O–H groups in total. The summed E-state index contributed by atoms with van der Waals surface area (Å²) in [5.41, 5.74) is 1.01. The fraction of sp³-hybridized carbons (Fsp3) is 0.250. The third-order valence-electron chi connectivity index (χ3n) is 4.60. The van der Waals surface area contributed by atoms with Gasteiger partial charge in [-0.05, 0) is 17.7 Å². The van der Waals surface area contributed by atoms with Crippen molar-refractivity contribution < 1.29 is 27.5 Å². The van der Waals surface area contributed by atoms with Gasteiger partial charge >= 0.3 is 5.97 Å². The van der Waals surface area contributed by atoms with Crippen molar-refractivity contribution in [3.05, 3.63) is 71.3 Å². The Bertz CT molecular complexity index is 981. The minimum Gasteiger partial charge on any atom is -0.469 e. The monoisotopic (exact) mass is 401 g/mol. The van der Waals surface area contributed by atoms with Gasteiger partial charge in [0.15, 0.2) is 9.84 Å². The van der Waals surface area contributed by atoms with Gasteiger partial charge in [0.2, 0.25) is 0 Å². The Hall–Kier alpha value is -3.00. The van der Waals surface area contributed by atoms with Gasteiger partial charge in [-0.3, -0.25) is 19.3 Å². The molecule has 0 bridgehead atoms. The Morgan fingerprint density at radius 2 is 1.50 bits per heavy atom. The molecule has 8 heteroatoms. The van der Waals surface area contributed by atoms with E-state index in [1.165, 1.54) is 19.2 Å². The zero-order valence-corrected chi connectivity index (χ0v) is 16.0. The molecule has 0 radical (unpaired) electrons. The summed E-state index contributed by atoms with van der Waals surface area (Å²) in [7, 11) is -2.84. The SMILES string of the molecule is COC(=O)CCS(=O)(=O)C(Cc1ccccc1)N1C(=O)c2ccccc2C1=O. The van der Waals surface area contributed by atoms with Crippen LogP contribution in [0.1, 0.15) is 32.7 Å². The molecule has 28 heavy (non-hydrogen) atoms. The van der Waals surface area contributed by atoms with E-state index in [2.05, 4.69) is 4.74 Å². The second kappa shape index (κ2) is 7.93. The average Bonchev–Trinajstić information content (AvgIpc) is 2.96. The molecular formula is C20H19NO6S. The summed E-state index contributed by atoms with van der Waals surface area (Å²) in [6, 6.07) is 14.9. The van der Waals surface area contributed by atoms with E-state index in [0.29, 0.717) is 5.56 Å². The Labute approximate surface area is 162 Å². The van der Waals surface area contributed by atoms with Crippen LogP contribution in [0.2, 0.25) is 0 Å². The van der Waals surface area contributed by atoms with Crippen LogP contribution in [-0.4, -0.2) is 49.3 Å². The van der Waals surface area contributed by atoms with Gasteiger partial charge in [0.1, 0.15) is 5.37 Å². The zero-order chi connectivity index (χ0) is 20.3. The summed E-state index contributed by atoms with van der Waals surface area (Å²) in [6.07, 6.45) is -0.414. The molecule has 0 spiro atoms. The van der Waals surface area contributed by atoms with Gasteiger partial charge in [0.25, 0.3) is 11.8 Å². The molecule has 1 heterocycles. The number of imide groups is 1. The lowest BCUT2D eigenvalue weighted by atomic mass is 10.1. The first-order valence-electron chi connectivity index (χ1n) is 8.64. The van der Waals surface area contributed by atoms with E-state index < -0.39 is 38.7 Å². The number of hydrogen-bond acceptors (Lipinski definition) is 6. The number of carbonyl (C=O) groups is 3. The highest BCUT2D eigenvalue weighted by Crippen LogP contribution is 2.28. The summed E-state index contributed by atoms with van der Waals surface area (Å²) in [5.74, 6) is -2.50. The molecule has 2 aromatic rings. The first kappa shape index (κ1) is 19.8. The van der Waals surface area contributed by atoms with Gasteiger partial charge < -0.3 is 4.74 Å². The van der Waals surface area contributed by atoms with Gasteiger partial charge in [-0.15, -0.1) is 0 Å². The number of ether oxygens (including phenoxy) is 1. The maximum absolute atomic E-state index is 13.0. The third kappa shape index (κ3) is 3.82. The highest BCUT2D eigenvalue weighted by Gasteiger charge is 2.45. The summed E-state index contributed by atoms with van der Waals surface area (Å²) in [5, 5.41) is -1.41. The first-order valence-corrected chi connectivity index (χ1v) is 10.4. The summed E-state index contributed by atoms with van der Waals surface area (Å²) in [6.45, 7) is 0. The van der Waals surface area contributed by atoms with Crippen molar-refractivity contribution >= 4 is 27.6 Å². The molecule has 1 aliphatic rings. The number of methoxy groups -OCH3 is 1. The highest BCUT2D eigenvalue weighted by atomic mass is 32.2. The van der Waals surface area contributed by atoms with E-state index in [4.69, 9.17) is 0 Å². The smallest absolute Gasteiger partial charge is 0.306 e. The topological polar surface area (TPSA) is 97.8 Å². The lowest BCUT2D eigenvalue weighted by Gasteiger charge is -2.26. The van der Waals surface area contributed by atoms with Gasteiger partial charge in [-0.25, -0.2) is 8.42 Å². The lowest BCUT2D eigenvalue weighted by molar-refractivity contribution is -0.140. The molecule has 1 unspecified atom stereocenters. The number of rotatable bonds is 7. The number of nitrogens with zero attached hydrogens (tertiary/aromatic N) is 1. The van der Waals surface area contributed by atoms with Crippen LogP contribution in [0.3, 0.4) is 0 Å². The largest absolute Gasteiger partial charge is 0.469 e. The summed E-state index contributed by atoms with van der Waals surface area (Å²) in [4.78, 5) is 37.9. The average molecular weight is 401 g/mol. The van der Waals surface area contributed by atoms with Crippen LogP contribution in [0.4, 0.5) is 0 Å². The summed E-state index contributed by atoms with van der Waals surface area (Å²) >= 11 is 0. The standard InChI is InChI=1S/C20H19NO6S/c1-27-18(22)11-12-28(25,26)17(13-14-7-3-2-4-8-14)21-19(23)15-9-5-6-10-16(15)20(21)24/h2-10,17H,11-13H2,1H3. The van der Waals surface area contributed by atoms with Crippen molar-refractivity contribution in [2.75, 3.05) is 12.9 Å². The van der Waals surface area contributed by atoms with E-state index in [-0.39, 0.29) is 24.0 Å². The minimum absolute atomic E-state index is 0.0597. The Morgan fingerprint density at radius 1 is 0.964 bits per heavy atom. The normalized spacial score (nSPS) is 14.7. The van der Waals surface area contributed by atoms with Crippen LogP contribution in [0.15, 0.2) is 54.6 Å². The fourth-order valence-electron chi connectivity index (χ4n) is 3.13. The number of benzene rings is 2. The van der Waals surface area contributed by atoms with Crippen molar-refractivity contribution in [2.45, 2.75) is 18.2 Å². The number of fused-ring (bicyclic) bond motifs is 1. The molecule has 2 amide bonds. The van der Waals surface area contributed by atoms with Crippen molar-refractivity contribution in [1.29, 1.82) is 0 Å². The third-order valence-corrected chi connectivity index (χ3v) is 6.58. The molecule has 0 saturated heterocycles. The van der Waals surface area contributed by atoms with E-state index >= 15 is 0 Å². The predicted octanol–water partition coefficient (Wildman–Crippen LogP) is 1.83. The first-order chi connectivity index (χ1) is 13.3. The van der Waals surface area contributed by atoms with Gasteiger partial charge in [-0.2, -0.15) is 0 Å². The second-order valence-electron chi connectivity index (χ2n) is 6.36. The molecule has 1 atom stereocenters. The maximum atomic E-state index is 13.0. The number of hydrogen-bond donors (Lipinski definition) is 0. The second-order valence-corrected chi connectivity index (χ2v) is 8.64. The van der Waals surface area contributed by atoms with E-state index in [1.54, 1.807) is 42.5 Å². The summed E-state index contributed by atoms with van der Waals surface area (Å²) < 4.78 is 30.6. The predicted molar refractivity (Wildman–Crippen MR) is 101 cm³/mol. The molecule has 7 nitrogen and oxygen atoms in total. The van der Waals surface area contributed by atoms with Crippen molar-refractivity contribution in [1.82, 2.24) is 4.90 Å². The number of carbonyl (C=O) groups excluding carboxylic acids is 3. The molecule has 0 aromatic heterocycles. The molecule has 146 valence electrons. The quantitative estimate of drug-likeness (QED) is 0.519. The van der Waals surface area contributed by atoms with Crippen LogP contribution in [0.5, 0.6) is 0 Å². The van der Waals surface area contributed by atoms with Gasteiger partial charge in [0.05, 0.1) is 30.4 Å².